The van der Waals surface area contributed by atoms with Crippen LogP contribution in [0.1, 0.15) is 38.1 Å². The highest BCUT2D eigenvalue weighted by atomic mass is 32.1. The number of methoxy groups -OCH3 is 2. The molecular weight excluding hydrogens is 356 g/mol. The average Bonchev–Trinajstić information content (AvgIpc) is 2.96. The van der Waals surface area contributed by atoms with E-state index in [1.54, 1.807) is 26.0 Å². The van der Waals surface area contributed by atoms with E-state index >= 15 is 0 Å². The molecule has 0 radical (unpaired) electrons. The van der Waals surface area contributed by atoms with Gasteiger partial charge in [-0.1, -0.05) is 0 Å². The van der Waals surface area contributed by atoms with Gasteiger partial charge in [-0.3, -0.25) is 4.79 Å². The van der Waals surface area contributed by atoms with Gasteiger partial charge in [0, 0.05) is 0 Å². The summed E-state index contributed by atoms with van der Waals surface area (Å²) in [4.78, 5) is 25.0. The first-order valence-corrected chi connectivity index (χ1v) is 8.52. The molecule has 0 aliphatic carbocycles. The Morgan fingerprint density at radius 1 is 1.27 bits per heavy atom. The minimum absolute atomic E-state index is 0.223. The molecule has 1 aromatic carbocycles. The molecule has 136 valence electrons. The SMILES string of the molecule is CCOC(=O)c1sc(NC(=O)c2cc(OC)ccc2OC)c(C#N)c1C. The minimum Gasteiger partial charge on any atom is -0.497 e. The molecule has 0 saturated heterocycles. The molecule has 1 aromatic heterocycles. The molecule has 0 aliphatic heterocycles. The summed E-state index contributed by atoms with van der Waals surface area (Å²) in [5.74, 6) is -0.147. The summed E-state index contributed by atoms with van der Waals surface area (Å²) in [7, 11) is 2.94. The molecule has 8 heteroatoms. The van der Waals surface area contributed by atoms with Crippen LogP contribution in [0.4, 0.5) is 5.00 Å². The normalized spacial score (nSPS) is 9.96. The lowest BCUT2D eigenvalue weighted by molar-refractivity contribution is 0.0531. The van der Waals surface area contributed by atoms with Crippen LogP contribution < -0.4 is 14.8 Å². The summed E-state index contributed by atoms with van der Waals surface area (Å²) < 4.78 is 15.3. The number of thiophene rings is 1. The van der Waals surface area contributed by atoms with Crippen LogP contribution >= 0.6 is 11.3 Å². The van der Waals surface area contributed by atoms with Crippen LogP contribution in [0.5, 0.6) is 11.5 Å². The number of esters is 1. The number of anilines is 1. The number of carbonyl (C=O) groups excluding carboxylic acids is 2. The van der Waals surface area contributed by atoms with Crippen LogP contribution in [0.2, 0.25) is 0 Å². The van der Waals surface area contributed by atoms with Crippen LogP contribution in [0.25, 0.3) is 0 Å². The van der Waals surface area contributed by atoms with Gasteiger partial charge in [-0.15, -0.1) is 11.3 Å². The fraction of sp³-hybridized carbons (Fsp3) is 0.278. The second kappa shape index (κ2) is 8.36. The highest BCUT2D eigenvalue weighted by Crippen LogP contribution is 2.34. The van der Waals surface area contributed by atoms with E-state index in [0.29, 0.717) is 17.1 Å². The van der Waals surface area contributed by atoms with Gasteiger partial charge in [-0.25, -0.2) is 4.79 Å². The van der Waals surface area contributed by atoms with Crippen molar-refractivity contribution in [3.63, 3.8) is 0 Å². The van der Waals surface area contributed by atoms with E-state index in [4.69, 9.17) is 14.2 Å². The third kappa shape index (κ3) is 3.78. The molecule has 1 N–H and O–H groups in total. The monoisotopic (exact) mass is 374 g/mol. The van der Waals surface area contributed by atoms with Crippen molar-refractivity contribution in [3.05, 3.63) is 39.8 Å². The fourth-order valence-electron chi connectivity index (χ4n) is 2.29. The van der Waals surface area contributed by atoms with E-state index in [-0.39, 0.29) is 27.6 Å². The third-order valence-electron chi connectivity index (χ3n) is 3.60. The maximum Gasteiger partial charge on any atom is 0.348 e. The molecule has 2 rings (SSSR count). The molecule has 0 bridgehead atoms. The van der Waals surface area contributed by atoms with Gasteiger partial charge in [0.2, 0.25) is 0 Å². The van der Waals surface area contributed by atoms with Crippen LogP contribution in [0, 0.1) is 18.3 Å². The molecule has 0 unspecified atom stereocenters. The van der Waals surface area contributed by atoms with Gasteiger partial charge in [-0.2, -0.15) is 5.26 Å². The Kier molecular flexibility index (Phi) is 6.20. The van der Waals surface area contributed by atoms with Gasteiger partial charge in [0.15, 0.2) is 0 Å². The smallest absolute Gasteiger partial charge is 0.348 e. The van der Waals surface area contributed by atoms with Crippen molar-refractivity contribution < 1.29 is 23.8 Å². The summed E-state index contributed by atoms with van der Waals surface area (Å²) in [6.45, 7) is 3.56. The van der Waals surface area contributed by atoms with Crippen LogP contribution in [0.15, 0.2) is 18.2 Å². The van der Waals surface area contributed by atoms with Gasteiger partial charge >= 0.3 is 5.97 Å². The van der Waals surface area contributed by atoms with E-state index in [2.05, 4.69) is 5.32 Å². The summed E-state index contributed by atoms with van der Waals surface area (Å²) >= 11 is 1.00. The number of benzene rings is 1. The molecule has 0 fully saturated rings. The number of nitrogens with one attached hydrogen (secondary N) is 1. The Hall–Kier alpha value is -3.05. The number of rotatable bonds is 6. The highest BCUT2D eigenvalue weighted by molar-refractivity contribution is 7.18. The molecule has 0 aliphatic rings. The second-order valence-corrected chi connectivity index (χ2v) is 6.13. The van der Waals surface area contributed by atoms with E-state index in [9.17, 15) is 14.9 Å². The lowest BCUT2D eigenvalue weighted by Crippen LogP contribution is -2.13. The topological polar surface area (TPSA) is 97.7 Å². The number of carbonyl (C=O) groups is 2. The molecule has 1 heterocycles. The molecule has 1 amide bonds. The number of amides is 1. The lowest BCUT2D eigenvalue weighted by Gasteiger charge is -2.10. The van der Waals surface area contributed by atoms with Crippen LogP contribution in [-0.4, -0.2) is 32.7 Å². The number of ether oxygens (including phenoxy) is 3. The maximum atomic E-state index is 12.7. The van der Waals surface area contributed by atoms with Gasteiger partial charge in [0.1, 0.15) is 27.4 Å². The second-order valence-electron chi connectivity index (χ2n) is 5.11. The number of hydrogen-bond donors (Lipinski definition) is 1. The van der Waals surface area contributed by atoms with Crippen molar-refractivity contribution in [1.82, 2.24) is 0 Å². The number of nitriles is 1. The Labute approximate surface area is 155 Å². The zero-order valence-corrected chi connectivity index (χ0v) is 15.7. The van der Waals surface area contributed by atoms with Crippen molar-refractivity contribution >= 4 is 28.2 Å². The van der Waals surface area contributed by atoms with Gasteiger partial charge in [-0.05, 0) is 37.6 Å². The summed E-state index contributed by atoms with van der Waals surface area (Å²) in [5.41, 5.74) is 0.955. The summed E-state index contributed by atoms with van der Waals surface area (Å²) in [6, 6.07) is 6.84. The molecule has 2 aromatic rings. The molecule has 26 heavy (non-hydrogen) atoms. The van der Waals surface area contributed by atoms with Gasteiger partial charge in [0.05, 0.1) is 32.0 Å². The van der Waals surface area contributed by atoms with Gasteiger partial charge < -0.3 is 19.5 Å². The van der Waals surface area contributed by atoms with Crippen LogP contribution in [-0.2, 0) is 4.74 Å². The Morgan fingerprint density at radius 2 is 2.00 bits per heavy atom. The standard InChI is InChI=1S/C18H18N2O5S/c1-5-25-18(22)15-10(2)13(9-19)17(26-15)20-16(21)12-8-11(23-3)6-7-14(12)24-4/h6-8H,5H2,1-4H3,(H,20,21). The van der Waals surface area contributed by atoms with Crippen molar-refractivity contribution in [3.8, 4) is 17.6 Å². The largest absolute Gasteiger partial charge is 0.497 e. The first kappa shape index (κ1) is 19.3. The van der Waals surface area contributed by atoms with Crippen LogP contribution in [0.3, 0.4) is 0 Å². The molecule has 7 nitrogen and oxygen atoms in total. The first-order chi connectivity index (χ1) is 12.5. The number of nitrogens with zero attached hydrogens (tertiary/aromatic N) is 1. The maximum absolute atomic E-state index is 12.7. The predicted octanol–water partition coefficient (Wildman–Crippen LogP) is 3.37. The Balaban J connectivity index is 2.40. The Morgan fingerprint density at radius 3 is 2.58 bits per heavy atom. The van der Waals surface area contributed by atoms with E-state index < -0.39 is 11.9 Å². The van der Waals surface area contributed by atoms with Gasteiger partial charge in [0.25, 0.3) is 5.91 Å². The predicted molar refractivity (Wildman–Crippen MR) is 97.2 cm³/mol. The quantitative estimate of drug-likeness (QED) is 0.779. The summed E-state index contributed by atoms with van der Waals surface area (Å²) in [6.07, 6.45) is 0. The first-order valence-electron chi connectivity index (χ1n) is 7.70. The highest BCUT2D eigenvalue weighted by Gasteiger charge is 2.23. The van der Waals surface area contributed by atoms with E-state index in [1.807, 2.05) is 6.07 Å². The van der Waals surface area contributed by atoms with Crippen molar-refractivity contribution in [2.75, 3.05) is 26.1 Å². The van der Waals surface area contributed by atoms with E-state index in [0.717, 1.165) is 11.3 Å². The number of hydrogen-bond acceptors (Lipinski definition) is 7. The molecule has 0 spiro atoms. The fourth-order valence-corrected chi connectivity index (χ4v) is 3.34. The minimum atomic E-state index is -0.522. The molecule has 0 saturated carbocycles. The summed E-state index contributed by atoms with van der Waals surface area (Å²) in [5, 5.41) is 12.4. The average molecular weight is 374 g/mol. The zero-order chi connectivity index (χ0) is 19.3. The molecular formula is C18H18N2O5S. The van der Waals surface area contributed by atoms with Crippen molar-refractivity contribution in [2.45, 2.75) is 13.8 Å². The third-order valence-corrected chi connectivity index (χ3v) is 4.79. The lowest BCUT2D eigenvalue weighted by atomic mass is 10.1. The molecule has 0 atom stereocenters. The van der Waals surface area contributed by atoms with Crippen molar-refractivity contribution in [2.24, 2.45) is 0 Å². The zero-order valence-electron chi connectivity index (χ0n) is 14.8. The Bertz CT molecular complexity index is 882. The van der Waals surface area contributed by atoms with E-state index in [1.165, 1.54) is 20.3 Å². The van der Waals surface area contributed by atoms with Crippen molar-refractivity contribution in [1.29, 1.82) is 5.26 Å².